The fourth-order valence-corrected chi connectivity index (χ4v) is 2.35. The summed E-state index contributed by atoms with van der Waals surface area (Å²) in [5.74, 6) is 0.772. The zero-order valence-corrected chi connectivity index (χ0v) is 10.9. The van der Waals surface area contributed by atoms with Crippen molar-refractivity contribution in [1.29, 1.82) is 0 Å². The molecule has 0 radical (unpaired) electrons. The summed E-state index contributed by atoms with van der Waals surface area (Å²) in [4.78, 5) is 15.8. The van der Waals surface area contributed by atoms with Gasteiger partial charge in [0.2, 0.25) is 5.91 Å². The average molecular weight is 228 g/mol. The van der Waals surface area contributed by atoms with Gasteiger partial charge >= 0.3 is 0 Å². The van der Waals surface area contributed by atoms with E-state index < -0.39 is 0 Å². The van der Waals surface area contributed by atoms with Gasteiger partial charge in [-0.05, 0) is 32.2 Å². The minimum absolute atomic E-state index is 0.00495. The molecule has 0 saturated carbocycles. The van der Waals surface area contributed by atoms with E-state index in [1.54, 1.807) is 12.0 Å². The molecule has 0 aromatic heterocycles. The summed E-state index contributed by atoms with van der Waals surface area (Å²) in [6.45, 7) is 4.81. The molecule has 1 aliphatic rings. The van der Waals surface area contributed by atoms with Crippen LogP contribution in [0.25, 0.3) is 0 Å². The van der Waals surface area contributed by atoms with Crippen LogP contribution in [0.1, 0.15) is 19.8 Å². The number of rotatable bonds is 4. The van der Waals surface area contributed by atoms with Crippen LogP contribution in [0, 0.1) is 5.92 Å². The highest BCUT2D eigenvalue weighted by atomic mass is 16.5. The smallest absolute Gasteiger partial charge is 0.239 e. The highest BCUT2D eigenvalue weighted by Gasteiger charge is 2.27. The Balaban J connectivity index is 2.49. The van der Waals surface area contributed by atoms with E-state index in [-0.39, 0.29) is 11.9 Å². The first-order valence-corrected chi connectivity index (χ1v) is 6.00. The van der Waals surface area contributed by atoms with Crippen molar-refractivity contribution in [2.75, 3.05) is 40.9 Å². The zero-order chi connectivity index (χ0) is 12.1. The van der Waals surface area contributed by atoms with Gasteiger partial charge in [-0.1, -0.05) is 0 Å². The number of amides is 1. The maximum Gasteiger partial charge on any atom is 0.239 e. The van der Waals surface area contributed by atoms with Crippen LogP contribution in [0.2, 0.25) is 0 Å². The molecule has 1 rings (SSSR count). The second kappa shape index (κ2) is 6.21. The monoisotopic (exact) mass is 228 g/mol. The lowest BCUT2D eigenvalue weighted by Gasteiger charge is -2.36. The molecule has 16 heavy (non-hydrogen) atoms. The molecule has 4 heteroatoms. The van der Waals surface area contributed by atoms with Gasteiger partial charge in [-0.3, -0.25) is 9.69 Å². The van der Waals surface area contributed by atoms with Crippen LogP contribution in [-0.2, 0) is 9.53 Å². The fraction of sp³-hybridized carbons (Fsp3) is 0.917. The van der Waals surface area contributed by atoms with Gasteiger partial charge in [0.1, 0.15) is 0 Å². The summed E-state index contributed by atoms with van der Waals surface area (Å²) in [6, 6.07) is -0.00495. The zero-order valence-electron chi connectivity index (χ0n) is 10.9. The molecule has 0 aromatic carbocycles. The molecular formula is C12H24N2O2. The van der Waals surface area contributed by atoms with Crippen LogP contribution in [-0.4, -0.2) is 62.7 Å². The van der Waals surface area contributed by atoms with Crippen molar-refractivity contribution in [2.24, 2.45) is 5.92 Å². The first kappa shape index (κ1) is 13.5. The summed E-state index contributed by atoms with van der Waals surface area (Å²) >= 11 is 0. The van der Waals surface area contributed by atoms with Crippen molar-refractivity contribution in [1.82, 2.24) is 9.80 Å². The van der Waals surface area contributed by atoms with Crippen molar-refractivity contribution in [3.05, 3.63) is 0 Å². The Morgan fingerprint density at radius 1 is 1.56 bits per heavy atom. The Kier molecular flexibility index (Phi) is 5.22. The predicted molar refractivity (Wildman–Crippen MR) is 64.3 cm³/mol. The maximum atomic E-state index is 11.9. The molecule has 2 atom stereocenters. The Hall–Kier alpha value is -0.610. The summed E-state index contributed by atoms with van der Waals surface area (Å²) in [7, 11) is 5.37. The van der Waals surface area contributed by atoms with Gasteiger partial charge in [0.25, 0.3) is 0 Å². The van der Waals surface area contributed by atoms with Gasteiger partial charge in [-0.2, -0.15) is 0 Å². The second-order valence-electron chi connectivity index (χ2n) is 4.87. The number of piperidine rings is 1. The van der Waals surface area contributed by atoms with E-state index in [1.807, 2.05) is 21.0 Å². The Morgan fingerprint density at radius 3 is 2.81 bits per heavy atom. The number of hydrogen-bond acceptors (Lipinski definition) is 3. The minimum Gasteiger partial charge on any atom is -0.384 e. The number of methoxy groups -OCH3 is 1. The standard InChI is InChI=1S/C12H24N2O2/c1-10(12(15)13(2)3)14-7-5-6-11(8-14)9-16-4/h10-11H,5-9H2,1-4H3. The molecule has 0 spiro atoms. The van der Waals surface area contributed by atoms with Crippen LogP contribution in [0.5, 0.6) is 0 Å². The van der Waals surface area contributed by atoms with Crippen molar-refractivity contribution in [3.63, 3.8) is 0 Å². The number of carbonyl (C=O) groups is 1. The van der Waals surface area contributed by atoms with Crippen LogP contribution in [0.3, 0.4) is 0 Å². The number of ether oxygens (including phenoxy) is 1. The van der Waals surface area contributed by atoms with E-state index in [1.165, 1.54) is 12.8 Å². The minimum atomic E-state index is -0.00495. The molecule has 0 N–H and O–H groups in total. The number of likely N-dealkylation sites (N-methyl/N-ethyl adjacent to an activating group) is 1. The average Bonchev–Trinajstić information content (AvgIpc) is 2.28. The largest absolute Gasteiger partial charge is 0.384 e. The Labute approximate surface area is 98.5 Å². The quantitative estimate of drug-likeness (QED) is 0.714. The Bertz CT molecular complexity index is 229. The lowest BCUT2D eigenvalue weighted by atomic mass is 9.97. The molecular weight excluding hydrogens is 204 g/mol. The van der Waals surface area contributed by atoms with Crippen molar-refractivity contribution >= 4 is 5.91 Å². The summed E-state index contributed by atoms with van der Waals surface area (Å²) in [5, 5.41) is 0. The van der Waals surface area contributed by atoms with Gasteiger partial charge in [0, 0.05) is 27.7 Å². The molecule has 1 saturated heterocycles. The topological polar surface area (TPSA) is 32.8 Å². The highest BCUT2D eigenvalue weighted by Crippen LogP contribution is 2.19. The van der Waals surface area contributed by atoms with Crippen LogP contribution in [0.15, 0.2) is 0 Å². The first-order chi connectivity index (χ1) is 7.56. The van der Waals surface area contributed by atoms with Crippen LogP contribution in [0.4, 0.5) is 0 Å². The second-order valence-corrected chi connectivity index (χ2v) is 4.87. The molecule has 1 amide bonds. The third kappa shape index (κ3) is 3.46. The van der Waals surface area contributed by atoms with E-state index in [0.717, 1.165) is 19.7 Å². The number of likely N-dealkylation sites (tertiary alicyclic amines) is 1. The van der Waals surface area contributed by atoms with E-state index in [0.29, 0.717) is 5.92 Å². The summed E-state index contributed by atoms with van der Waals surface area (Å²) < 4.78 is 5.20. The van der Waals surface area contributed by atoms with Crippen molar-refractivity contribution in [3.8, 4) is 0 Å². The SMILES string of the molecule is COCC1CCCN(C(C)C(=O)N(C)C)C1. The van der Waals surface area contributed by atoms with Crippen molar-refractivity contribution in [2.45, 2.75) is 25.8 Å². The molecule has 94 valence electrons. The molecule has 1 aliphatic heterocycles. The van der Waals surface area contributed by atoms with E-state index >= 15 is 0 Å². The Morgan fingerprint density at radius 2 is 2.25 bits per heavy atom. The van der Waals surface area contributed by atoms with Gasteiger partial charge in [0.05, 0.1) is 12.6 Å². The number of hydrogen-bond donors (Lipinski definition) is 0. The van der Waals surface area contributed by atoms with Gasteiger partial charge < -0.3 is 9.64 Å². The lowest BCUT2D eigenvalue weighted by molar-refractivity contribution is -0.134. The lowest BCUT2D eigenvalue weighted by Crippen LogP contribution is -2.49. The molecule has 1 fully saturated rings. The fourth-order valence-electron chi connectivity index (χ4n) is 2.35. The van der Waals surface area contributed by atoms with E-state index in [9.17, 15) is 4.79 Å². The highest BCUT2D eigenvalue weighted by molar-refractivity contribution is 5.80. The summed E-state index contributed by atoms with van der Waals surface area (Å²) in [5.41, 5.74) is 0. The third-order valence-corrected chi connectivity index (χ3v) is 3.30. The first-order valence-electron chi connectivity index (χ1n) is 6.00. The summed E-state index contributed by atoms with van der Waals surface area (Å²) in [6.07, 6.45) is 2.38. The molecule has 0 bridgehead atoms. The van der Waals surface area contributed by atoms with Gasteiger partial charge in [-0.15, -0.1) is 0 Å². The third-order valence-electron chi connectivity index (χ3n) is 3.30. The van der Waals surface area contributed by atoms with E-state index in [2.05, 4.69) is 4.90 Å². The molecule has 0 aliphatic carbocycles. The van der Waals surface area contributed by atoms with Gasteiger partial charge in [-0.25, -0.2) is 0 Å². The van der Waals surface area contributed by atoms with Crippen LogP contribution >= 0.6 is 0 Å². The van der Waals surface area contributed by atoms with E-state index in [4.69, 9.17) is 4.74 Å². The van der Waals surface area contributed by atoms with Crippen LogP contribution < -0.4 is 0 Å². The normalized spacial score (nSPS) is 24.1. The number of carbonyl (C=O) groups excluding carboxylic acids is 1. The molecule has 4 nitrogen and oxygen atoms in total. The van der Waals surface area contributed by atoms with Crippen molar-refractivity contribution < 1.29 is 9.53 Å². The van der Waals surface area contributed by atoms with Gasteiger partial charge in [0.15, 0.2) is 0 Å². The number of nitrogens with zero attached hydrogens (tertiary/aromatic N) is 2. The molecule has 2 unspecified atom stereocenters. The predicted octanol–water partition coefficient (Wildman–Crippen LogP) is 0.822. The molecule has 0 aromatic rings. The molecule has 1 heterocycles. The maximum absolute atomic E-state index is 11.9.